The van der Waals surface area contributed by atoms with Crippen molar-refractivity contribution in [3.8, 4) is 31.4 Å². The van der Waals surface area contributed by atoms with Crippen LogP contribution in [0.1, 0.15) is 63.5 Å². The van der Waals surface area contributed by atoms with Gasteiger partial charge in [-0.05, 0) is 75.8 Å². The molecule has 1 heterocycles. The number of alkyl carbamates (subject to hydrolysis) is 1. The van der Waals surface area contributed by atoms with Gasteiger partial charge in [0.2, 0.25) is 11.8 Å². The van der Waals surface area contributed by atoms with Crippen LogP contribution in [0.4, 0.5) is 4.79 Å². The minimum Gasteiger partial charge on any atom is -0.497 e. The Labute approximate surface area is 289 Å². The number of hydrogen-bond donors (Lipinski definition) is 3. The summed E-state index contributed by atoms with van der Waals surface area (Å²) in [5.74, 6) is 0.515. The fraction of sp³-hybridized carbons (Fsp3) is 0.410. The second kappa shape index (κ2) is 32.0. The highest BCUT2D eigenvalue weighted by Crippen LogP contribution is 2.13. The Morgan fingerprint density at radius 2 is 1.52 bits per heavy atom. The number of ether oxygens (including phenoxy) is 2. The molecule has 1 aliphatic heterocycles. The first-order valence-corrected chi connectivity index (χ1v) is 16.1. The summed E-state index contributed by atoms with van der Waals surface area (Å²) in [6, 6.07) is 16.3. The molecule has 2 aromatic carbocycles. The maximum atomic E-state index is 12.9. The number of hydrogen-bond acceptors (Lipinski definition) is 6. The van der Waals surface area contributed by atoms with Crippen LogP contribution in [0.5, 0.6) is 5.75 Å². The lowest BCUT2D eigenvalue weighted by Gasteiger charge is -2.27. The lowest BCUT2D eigenvalue weighted by molar-refractivity contribution is -0.132. The van der Waals surface area contributed by atoms with Crippen LogP contribution in [0, 0.1) is 25.7 Å². The predicted octanol–water partition coefficient (Wildman–Crippen LogP) is 6.26. The first kappa shape index (κ1) is 45.1. The lowest BCUT2D eigenvalue weighted by Crippen LogP contribution is -2.48. The molecule has 1 fully saturated rings. The summed E-state index contributed by atoms with van der Waals surface area (Å²) >= 11 is 0. The van der Waals surface area contributed by atoms with Crippen LogP contribution in [-0.2, 0) is 27.5 Å². The van der Waals surface area contributed by atoms with Crippen molar-refractivity contribution in [2.75, 3.05) is 33.3 Å². The van der Waals surface area contributed by atoms with Crippen molar-refractivity contribution in [2.45, 2.75) is 71.6 Å². The Morgan fingerprint density at radius 3 is 2.12 bits per heavy atom. The molecule has 1 atom stereocenters. The number of nitrogens with zero attached hydrogens (tertiary/aromatic N) is 1. The third-order valence-corrected chi connectivity index (χ3v) is 6.80. The maximum absolute atomic E-state index is 12.9. The smallest absolute Gasteiger partial charge is 0.408 e. The van der Waals surface area contributed by atoms with Crippen molar-refractivity contribution in [1.82, 2.24) is 20.9 Å². The van der Waals surface area contributed by atoms with Gasteiger partial charge in [0.05, 0.1) is 7.11 Å². The Hall–Kier alpha value is -4.99. The molecule has 48 heavy (non-hydrogen) atoms. The van der Waals surface area contributed by atoms with E-state index in [9.17, 15) is 14.4 Å². The van der Waals surface area contributed by atoms with Crippen molar-refractivity contribution in [3.05, 3.63) is 91.0 Å². The van der Waals surface area contributed by atoms with Crippen LogP contribution in [-0.4, -0.2) is 62.1 Å². The van der Waals surface area contributed by atoms with E-state index in [-0.39, 0.29) is 31.3 Å². The first-order chi connectivity index (χ1) is 23.5. The summed E-state index contributed by atoms with van der Waals surface area (Å²) in [4.78, 5) is 39.9. The quantitative estimate of drug-likeness (QED) is 0.125. The highest BCUT2D eigenvalue weighted by molar-refractivity contribution is 5.86. The van der Waals surface area contributed by atoms with Crippen LogP contribution in [0.25, 0.3) is 0 Å². The molecule has 0 unspecified atom stereocenters. The normalized spacial score (nSPS) is 11.9. The van der Waals surface area contributed by atoms with Gasteiger partial charge in [-0.2, -0.15) is 0 Å². The second-order valence-corrected chi connectivity index (χ2v) is 10.1. The Kier molecular flexibility index (Phi) is 30.1. The molecular weight excluding hydrogens is 604 g/mol. The predicted molar refractivity (Wildman–Crippen MR) is 197 cm³/mol. The molecule has 3 N–H and O–H groups in total. The average Bonchev–Trinajstić information content (AvgIpc) is 3.17. The molecule has 0 spiro atoms. The first-order valence-electron chi connectivity index (χ1n) is 16.1. The number of terminal acetylenes is 2. The van der Waals surface area contributed by atoms with Gasteiger partial charge in [0.15, 0.2) is 0 Å². The lowest BCUT2D eigenvalue weighted by atomic mass is 10.1. The molecule has 0 radical (unpaired) electrons. The highest BCUT2D eigenvalue weighted by atomic mass is 16.5. The van der Waals surface area contributed by atoms with Gasteiger partial charge in [0.25, 0.3) is 0 Å². The van der Waals surface area contributed by atoms with Gasteiger partial charge >= 0.3 is 6.09 Å². The van der Waals surface area contributed by atoms with E-state index in [0.29, 0.717) is 26.1 Å². The number of carbonyl (C=O) groups is 3. The molecule has 0 saturated carbocycles. The number of benzene rings is 2. The number of piperidine rings is 1. The SMILES string of the molecule is C#C.C#C.C/C=C/C.C=C.COc1cccc(CNCCCNC(=O)[C@@H](CCC(=O)N2CCCCC2)NC(=O)OCc2ccccc2)c1. The molecule has 1 saturated heterocycles. The van der Waals surface area contributed by atoms with Gasteiger partial charge in [-0.3, -0.25) is 9.59 Å². The highest BCUT2D eigenvalue weighted by Gasteiger charge is 2.24. The third kappa shape index (κ3) is 21.7. The van der Waals surface area contributed by atoms with Gasteiger partial charge in [-0.1, -0.05) is 54.6 Å². The Bertz CT molecular complexity index is 1180. The molecule has 262 valence electrons. The minimum absolute atomic E-state index is 0.0173. The summed E-state index contributed by atoms with van der Waals surface area (Å²) in [6.45, 7) is 13.5. The van der Waals surface area contributed by atoms with Crippen molar-refractivity contribution >= 4 is 17.9 Å². The molecule has 9 heteroatoms. The van der Waals surface area contributed by atoms with E-state index in [0.717, 1.165) is 49.2 Å². The topological polar surface area (TPSA) is 109 Å². The van der Waals surface area contributed by atoms with E-state index in [1.807, 2.05) is 85.5 Å². The standard InChI is InChI=1S/C29H40N4O5.C4H8.C2H4.2C2H2/c1-37-25-13-8-12-24(20-25)21-30-16-9-17-31-28(35)26(14-15-27(34)33-18-6-3-7-19-33)32-29(36)38-22-23-10-4-2-5-11-23;1-3-4-2;3*1-2/h2,4-5,8,10-13,20,26,30H,3,6-7,9,14-19,21-22H2,1H3,(H,31,35)(H,32,36);3-4H,1-2H3;1-2H2;2*1-2H/b;4-3+;;;/t26-;;;;/m1..../s1. The van der Waals surface area contributed by atoms with Gasteiger partial charge < -0.3 is 30.3 Å². The molecule has 0 aliphatic carbocycles. The summed E-state index contributed by atoms with van der Waals surface area (Å²) < 4.78 is 10.5. The van der Waals surface area contributed by atoms with Crippen molar-refractivity contribution in [1.29, 1.82) is 0 Å². The largest absolute Gasteiger partial charge is 0.497 e. The van der Waals surface area contributed by atoms with E-state index < -0.39 is 12.1 Å². The number of carbonyl (C=O) groups excluding carboxylic acids is 3. The number of amides is 3. The molecule has 0 aromatic heterocycles. The molecule has 3 amide bonds. The molecule has 2 aromatic rings. The van der Waals surface area contributed by atoms with Gasteiger partial charge in [0, 0.05) is 32.6 Å². The number of likely N-dealkylation sites (tertiary alicyclic amines) is 1. The zero-order valence-electron chi connectivity index (χ0n) is 29.1. The van der Waals surface area contributed by atoms with E-state index in [1.54, 1.807) is 7.11 Å². The monoisotopic (exact) mass is 660 g/mol. The van der Waals surface area contributed by atoms with E-state index in [2.05, 4.69) is 54.8 Å². The van der Waals surface area contributed by atoms with E-state index >= 15 is 0 Å². The van der Waals surface area contributed by atoms with Crippen LogP contribution in [0.3, 0.4) is 0 Å². The number of allylic oxidation sites excluding steroid dienone is 2. The van der Waals surface area contributed by atoms with Crippen molar-refractivity contribution < 1.29 is 23.9 Å². The van der Waals surface area contributed by atoms with E-state index in [1.165, 1.54) is 0 Å². The minimum atomic E-state index is -0.850. The average molecular weight is 661 g/mol. The Morgan fingerprint density at radius 1 is 0.896 bits per heavy atom. The summed E-state index contributed by atoms with van der Waals surface area (Å²) in [5.41, 5.74) is 1.97. The molecular formula is C39H56N4O5. The number of methoxy groups -OCH3 is 1. The number of nitrogens with one attached hydrogen (secondary N) is 3. The summed E-state index contributed by atoms with van der Waals surface area (Å²) in [6.07, 6.45) is 23.6. The zero-order valence-corrected chi connectivity index (χ0v) is 29.1. The third-order valence-electron chi connectivity index (χ3n) is 6.80. The molecule has 0 bridgehead atoms. The zero-order chi connectivity index (χ0) is 36.4. The van der Waals surface area contributed by atoms with Gasteiger partial charge in [0.1, 0.15) is 18.4 Å². The van der Waals surface area contributed by atoms with Crippen LogP contribution < -0.4 is 20.7 Å². The van der Waals surface area contributed by atoms with E-state index in [4.69, 9.17) is 9.47 Å². The number of rotatable bonds is 14. The molecule has 1 aliphatic rings. The summed E-state index contributed by atoms with van der Waals surface area (Å²) in [5, 5.41) is 8.90. The fourth-order valence-corrected chi connectivity index (χ4v) is 4.31. The van der Waals surface area contributed by atoms with Crippen LogP contribution in [0.15, 0.2) is 79.9 Å². The van der Waals surface area contributed by atoms with Crippen LogP contribution >= 0.6 is 0 Å². The van der Waals surface area contributed by atoms with Crippen molar-refractivity contribution in [3.63, 3.8) is 0 Å². The Balaban J connectivity index is 0. The van der Waals surface area contributed by atoms with Crippen molar-refractivity contribution in [2.24, 2.45) is 0 Å². The fourth-order valence-electron chi connectivity index (χ4n) is 4.31. The maximum Gasteiger partial charge on any atom is 0.408 e. The van der Waals surface area contributed by atoms with Gasteiger partial charge in [-0.15, -0.1) is 38.9 Å². The summed E-state index contributed by atoms with van der Waals surface area (Å²) in [7, 11) is 1.64. The second-order valence-electron chi connectivity index (χ2n) is 10.1. The van der Waals surface area contributed by atoms with Crippen LogP contribution in [0.2, 0.25) is 0 Å². The van der Waals surface area contributed by atoms with Gasteiger partial charge in [-0.25, -0.2) is 4.79 Å². The molecule has 9 nitrogen and oxygen atoms in total. The molecule has 3 rings (SSSR count).